The summed E-state index contributed by atoms with van der Waals surface area (Å²) in [6.45, 7) is 0.848. The first-order chi connectivity index (χ1) is 7.83. The number of likely N-dealkylation sites (N-methyl/N-ethyl adjacent to an activating group) is 1. The standard InChI is InChI=1S/C11H14N4O/c1-12-7-6-9-8-13-14-15(9)10-4-2-3-5-11(10)16/h2-5,8,12,16H,6-7H2,1H3. The SMILES string of the molecule is CNCCc1cnnn1-c1ccccc1O. The molecule has 0 aliphatic heterocycles. The van der Waals surface area contributed by atoms with Gasteiger partial charge < -0.3 is 10.4 Å². The van der Waals surface area contributed by atoms with E-state index < -0.39 is 0 Å². The molecular weight excluding hydrogens is 204 g/mol. The molecule has 0 aliphatic rings. The van der Waals surface area contributed by atoms with Crippen molar-refractivity contribution in [2.24, 2.45) is 0 Å². The number of aromatic hydroxyl groups is 1. The maximum atomic E-state index is 9.73. The number of para-hydroxylation sites is 2. The molecule has 2 aromatic rings. The van der Waals surface area contributed by atoms with Gasteiger partial charge in [0.25, 0.3) is 0 Å². The molecule has 16 heavy (non-hydrogen) atoms. The number of rotatable bonds is 4. The fourth-order valence-electron chi connectivity index (χ4n) is 1.53. The molecule has 0 spiro atoms. The minimum absolute atomic E-state index is 0.207. The molecule has 84 valence electrons. The van der Waals surface area contributed by atoms with Gasteiger partial charge in [0.15, 0.2) is 0 Å². The zero-order valence-corrected chi connectivity index (χ0v) is 9.09. The number of aromatic nitrogens is 3. The minimum Gasteiger partial charge on any atom is -0.506 e. The number of nitrogens with zero attached hydrogens (tertiary/aromatic N) is 3. The molecular formula is C11H14N4O. The van der Waals surface area contributed by atoms with Gasteiger partial charge in [-0.3, -0.25) is 0 Å². The summed E-state index contributed by atoms with van der Waals surface area (Å²) in [5.41, 5.74) is 1.63. The van der Waals surface area contributed by atoms with Crippen LogP contribution in [0.1, 0.15) is 5.69 Å². The Morgan fingerprint density at radius 1 is 1.38 bits per heavy atom. The lowest BCUT2D eigenvalue weighted by Crippen LogP contribution is -2.13. The Morgan fingerprint density at radius 3 is 2.94 bits per heavy atom. The second kappa shape index (κ2) is 4.76. The van der Waals surface area contributed by atoms with Crippen LogP contribution in [0.2, 0.25) is 0 Å². The first kappa shape index (κ1) is 10.6. The number of nitrogens with one attached hydrogen (secondary N) is 1. The van der Waals surface area contributed by atoms with Crippen molar-refractivity contribution in [3.8, 4) is 11.4 Å². The molecule has 0 saturated carbocycles. The third-order valence-corrected chi connectivity index (χ3v) is 2.36. The van der Waals surface area contributed by atoms with Gasteiger partial charge in [0.2, 0.25) is 0 Å². The molecule has 2 N–H and O–H groups in total. The van der Waals surface area contributed by atoms with E-state index in [0.29, 0.717) is 5.69 Å². The highest BCUT2D eigenvalue weighted by atomic mass is 16.3. The van der Waals surface area contributed by atoms with E-state index >= 15 is 0 Å². The summed E-state index contributed by atoms with van der Waals surface area (Å²) in [7, 11) is 1.90. The van der Waals surface area contributed by atoms with E-state index in [1.54, 1.807) is 23.0 Å². The molecule has 0 radical (unpaired) electrons. The number of phenols is 1. The van der Waals surface area contributed by atoms with Crippen LogP contribution in [-0.4, -0.2) is 33.7 Å². The van der Waals surface area contributed by atoms with Crippen LogP contribution < -0.4 is 5.32 Å². The van der Waals surface area contributed by atoms with Gasteiger partial charge in [0, 0.05) is 13.0 Å². The van der Waals surface area contributed by atoms with Gasteiger partial charge in [-0.25, -0.2) is 4.68 Å². The van der Waals surface area contributed by atoms with Gasteiger partial charge in [0.1, 0.15) is 11.4 Å². The van der Waals surface area contributed by atoms with Gasteiger partial charge in [0.05, 0.1) is 11.9 Å². The zero-order chi connectivity index (χ0) is 11.4. The van der Waals surface area contributed by atoms with Gasteiger partial charge >= 0.3 is 0 Å². The Balaban J connectivity index is 2.33. The van der Waals surface area contributed by atoms with Crippen molar-refractivity contribution in [3.05, 3.63) is 36.2 Å². The molecule has 0 amide bonds. The minimum atomic E-state index is 0.207. The van der Waals surface area contributed by atoms with E-state index in [4.69, 9.17) is 0 Å². The van der Waals surface area contributed by atoms with E-state index in [0.717, 1.165) is 18.7 Å². The van der Waals surface area contributed by atoms with Crippen LogP contribution >= 0.6 is 0 Å². The Labute approximate surface area is 93.7 Å². The fraction of sp³-hybridized carbons (Fsp3) is 0.273. The Morgan fingerprint density at radius 2 is 2.19 bits per heavy atom. The molecule has 1 aromatic carbocycles. The number of hydrogen-bond donors (Lipinski definition) is 2. The van der Waals surface area contributed by atoms with Crippen LogP contribution in [0, 0.1) is 0 Å². The highest BCUT2D eigenvalue weighted by Gasteiger charge is 2.08. The second-order valence-corrected chi connectivity index (χ2v) is 3.48. The average Bonchev–Trinajstić information content (AvgIpc) is 2.75. The molecule has 0 unspecified atom stereocenters. The van der Waals surface area contributed by atoms with Gasteiger partial charge in [-0.2, -0.15) is 0 Å². The van der Waals surface area contributed by atoms with Gasteiger partial charge in [-0.1, -0.05) is 17.3 Å². The molecule has 1 heterocycles. The summed E-state index contributed by atoms with van der Waals surface area (Å²) in [4.78, 5) is 0. The van der Waals surface area contributed by atoms with Crippen molar-refractivity contribution in [1.82, 2.24) is 20.3 Å². The maximum Gasteiger partial charge on any atom is 0.141 e. The summed E-state index contributed by atoms with van der Waals surface area (Å²) in [6, 6.07) is 7.09. The van der Waals surface area contributed by atoms with Crippen molar-refractivity contribution in [1.29, 1.82) is 0 Å². The normalized spacial score (nSPS) is 10.6. The maximum absolute atomic E-state index is 9.73. The summed E-state index contributed by atoms with van der Waals surface area (Å²) < 4.78 is 1.66. The number of benzene rings is 1. The second-order valence-electron chi connectivity index (χ2n) is 3.48. The summed E-state index contributed by atoms with van der Waals surface area (Å²) in [5, 5.41) is 20.6. The molecule has 0 aliphatic carbocycles. The number of hydrogen-bond acceptors (Lipinski definition) is 4. The third-order valence-electron chi connectivity index (χ3n) is 2.36. The average molecular weight is 218 g/mol. The van der Waals surface area contributed by atoms with Crippen LogP contribution in [0.5, 0.6) is 5.75 Å². The molecule has 0 saturated heterocycles. The number of phenolic OH excluding ortho intramolecular Hbond substituents is 1. The van der Waals surface area contributed by atoms with Crippen molar-refractivity contribution in [2.75, 3.05) is 13.6 Å². The lowest BCUT2D eigenvalue weighted by Gasteiger charge is -2.07. The topological polar surface area (TPSA) is 63.0 Å². The van der Waals surface area contributed by atoms with E-state index in [1.807, 2.05) is 19.2 Å². The lowest BCUT2D eigenvalue weighted by molar-refractivity contribution is 0.469. The summed E-state index contributed by atoms with van der Waals surface area (Å²) in [6.07, 6.45) is 2.53. The zero-order valence-electron chi connectivity index (χ0n) is 9.09. The molecule has 0 atom stereocenters. The van der Waals surface area contributed by atoms with E-state index in [2.05, 4.69) is 15.6 Å². The van der Waals surface area contributed by atoms with Crippen LogP contribution in [0.3, 0.4) is 0 Å². The predicted molar refractivity (Wildman–Crippen MR) is 60.7 cm³/mol. The quantitative estimate of drug-likeness (QED) is 0.794. The van der Waals surface area contributed by atoms with Crippen LogP contribution in [0.4, 0.5) is 0 Å². The Kier molecular flexibility index (Phi) is 3.16. The molecule has 5 nitrogen and oxygen atoms in total. The van der Waals surface area contributed by atoms with Gasteiger partial charge in [-0.15, -0.1) is 5.10 Å². The smallest absolute Gasteiger partial charge is 0.141 e. The highest BCUT2D eigenvalue weighted by Crippen LogP contribution is 2.20. The van der Waals surface area contributed by atoms with Crippen LogP contribution in [-0.2, 0) is 6.42 Å². The first-order valence-corrected chi connectivity index (χ1v) is 5.15. The predicted octanol–water partition coefficient (Wildman–Crippen LogP) is 0.735. The van der Waals surface area contributed by atoms with Crippen molar-refractivity contribution < 1.29 is 5.11 Å². The molecule has 0 bridgehead atoms. The van der Waals surface area contributed by atoms with Crippen molar-refractivity contribution in [3.63, 3.8) is 0 Å². The van der Waals surface area contributed by atoms with Crippen molar-refractivity contribution in [2.45, 2.75) is 6.42 Å². The van der Waals surface area contributed by atoms with E-state index in [9.17, 15) is 5.11 Å². The lowest BCUT2D eigenvalue weighted by atomic mass is 10.2. The summed E-state index contributed by atoms with van der Waals surface area (Å²) in [5.74, 6) is 0.207. The Bertz CT molecular complexity index is 467. The van der Waals surface area contributed by atoms with Crippen LogP contribution in [0.25, 0.3) is 5.69 Å². The molecule has 2 rings (SSSR count). The highest BCUT2D eigenvalue weighted by molar-refractivity contribution is 5.45. The largest absolute Gasteiger partial charge is 0.506 e. The van der Waals surface area contributed by atoms with E-state index in [-0.39, 0.29) is 5.75 Å². The summed E-state index contributed by atoms with van der Waals surface area (Å²) >= 11 is 0. The monoisotopic (exact) mass is 218 g/mol. The molecule has 1 aromatic heterocycles. The van der Waals surface area contributed by atoms with E-state index in [1.165, 1.54) is 0 Å². The third kappa shape index (κ3) is 2.04. The Hall–Kier alpha value is -1.88. The fourth-order valence-corrected chi connectivity index (χ4v) is 1.53. The van der Waals surface area contributed by atoms with Gasteiger partial charge in [-0.05, 0) is 19.2 Å². The van der Waals surface area contributed by atoms with Crippen molar-refractivity contribution >= 4 is 0 Å². The molecule has 0 fully saturated rings. The molecule has 5 heteroatoms. The van der Waals surface area contributed by atoms with Crippen LogP contribution in [0.15, 0.2) is 30.5 Å². The first-order valence-electron chi connectivity index (χ1n) is 5.15.